The van der Waals surface area contributed by atoms with Gasteiger partial charge in [0, 0.05) is 5.02 Å². The molecule has 4 nitrogen and oxygen atoms in total. The monoisotopic (exact) mass is 364 g/mol. The first-order chi connectivity index (χ1) is 12.1. The predicted octanol–water partition coefficient (Wildman–Crippen LogP) is 4.83. The highest BCUT2D eigenvalue weighted by atomic mass is 35.5. The summed E-state index contributed by atoms with van der Waals surface area (Å²) in [6, 6.07) is 11.4. The van der Waals surface area contributed by atoms with Crippen LogP contribution in [0.5, 0.6) is 17.2 Å². The molecule has 2 aromatic carbocycles. The van der Waals surface area contributed by atoms with Gasteiger partial charge in [-0.2, -0.15) is 0 Å². The van der Waals surface area contributed by atoms with E-state index in [1.165, 1.54) is 0 Å². The van der Waals surface area contributed by atoms with Gasteiger partial charge in [0.25, 0.3) is 0 Å². The fraction of sp³-hybridized carbons (Fsp3) is 0.400. The maximum absolute atomic E-state index is 6.14. The molecule has 2 rings (SSSR count). The van der Waals surface area contributed by atoms with Gasteiger partial charge < -0.3 is 18.9 Å². The fourth-order valence-electron chi connectivity index (χ4n) is 2.33. The normalized spacial score (nSPS) is 10.6. The van der Waals surface area contributed by atoms with Crippen LogP contribution in [0.1, 0.15) is 18.1 Å². The smallest absolute Gasteiger partial charge is 0.120 e. The van der Waals surface area contributed by atoms with E-state index in [-0.39, 0.29) is 0 Å². The van der Waals surface area contributed by atoms with Crippen molar-refractivity contribution in [1.29, 1.82) is 0 Å². The van der Waals surface area contributed by atoms with Crippen molar-refractivity contribution in [2.75, 3.05) is 33.0 Å². The number of benzene rings is 2. The van der Waals surface area contributed by atoms with Crippen molar-refractivity contribution < 1.29 is 18.9 Å². The van der Waals surface area contributed by atoms with Crippen LogP contribution >= 0.6 is 11.6 Å². The largest absolute Gasteiger partial charge is 0.494 e. The van der Waals surface area contributed by atoms with Gasteiger partial charge in [-0.25, -0.2) is 0 Å². The topological polar surface area (TPSA) is 36.9 Å². The second-order valence-electron chi connectivity index (χ2n) is 5.58. The summed E-state index contributed by atoms with van der Waals surface area (Å²) in [5, 5.41) is 0.787. The zero-order valence-corrected chi connectivity index (χ0v) is 15.8. The van der Waals surface area contributed by atoms with E-state index >= 15 is 0 Å². The minimum atomic E-state index is 0.490. The molecule has 2 aromatic rings. The second-order valence-corrected chi connectivity index (χ2v) is 5.96. The summed E-state index contributed by atoms with van der Waals surface area (Å²) < 4.78 is 22.2. The Bertz CT molecular complexity index is 632. The maximum Gasteiger partial charge on any atom is 0.120 e. The van der Waals surface area contributed by atoms with E-state index < -0.39 is 0 Å². The van der Waals surface area contributed by atoms with Gasteiger partial charge in [-0.3, -0.25) is 0 Å². The van der Waals surface area contributed by atoms with Crippen molar-refractivity contribution in [2.24, 2.45) is 0 Å². The van der Waals surface area contributed by atoms with Crippen LogP contribution in [0.15, 0.2) is 36.4 Å². The molecule has 5 heteroatoms. The molecule has 0 aromatic heterocycles. The zero-order valence-electron chi connectivity index (χ0n) is 15.0. The van der Waals surface area contributed by atoms with Gasteiger partial charge in [0.1, 0.15) is 30.5 Å². The van der Waals surface area contributed by atoms with Crippen LogP contribution in [0.25, 0.3) is 0 Å². The summed E-state index contributed by atoms with van der Waals surface area (Å²) in [6.45, 7) is 8.55. The molecule has 25 heavy (non-hydrogen) atoms. The minimum absolute atomic E-state index is 0.490. The van der Waals surface area contributed by atoms with Gasteiger partial charge in [0.2, 0.25) is 0 Å². The Hall–Kier alpha value is -1.91. The second kappa shape index (κ2) is 10.2. The SMILES string of the molecule is CCOc1ccc(OCCOCCOc2cc(C)c(Cl)c(C)c2)cc1. The highest BCUT2D eigenvalue weighted by Crippen LogP contribution is 2.25. The molecule has 0 fully saturated rings. The lowest BCUT2D eigenvalue weighted by Gasteiger charge is -2.11. The summed E-state index contributed by atoms with van der Waals surface area (Å²) in [6.07, 6.45) is 0. The van der Waals surface area contributed by atoms with E-state index in [9.17, 15) is 0 Å². The lowest BCUT2D eigenvalue weighted by Crippen LogP contribution is -2.12. The van der Waals surface area contributed by atoms with Crippen LogP contribution in [0.4, 0.5) is 0 Å². The maximum atomic E-state index is 6.14. The number of hydrogen-bond acceptors (Lipinski definition) is 4. The van der Waals surface area contributed by atoms with E-state index in [1.807, 2.05) is 57.2 Å². The molecule has 0 aliphatic rings. The minimum Gasteiger partial charge on any atom is -0.494 e. The third kappa shape index (κ3) is 6.48. The summed E-state index contributed by atoms with van der Waals surface area (Å²) in [5.74, 6) is 2.46. The molecular weight excluding hydrogens is 340 g/mol. The average molecular weight is 365 g/mol. The van der Waals surface area contributed by atoms with Crippen LogP contribution in [0.3, 0.4) is 0 Å². The lowest BCUT2D eigenvalue weighted by atomic mass is 10.1. The average Bonchev–Trinajstić information content (AvgIpc) is 2.60. The molecular formula is C20H25ClO4. The van der Waals surface area contributed by atoms with Crippen molar-refractivity contribution in [3.63, 3.8) is 0 Å². The van der Waals surface area contributed by atoms with Gasteiger partial charge in [-0.1, -0.05) is 11.6 Å². The molecule has 0 atom stereocenters. The molecule has 0 unspecified atom stereocenters. The van der Waals surface area contributed by atoms with Gasteiger partial charge in [0.15, 0.2) is 0 Å². The fourth-order valence-corrected chi connectivity index (χ4v) is 2.44. The van der Waals surface area contributed by atoms with Crippen LogP contribution in [0, 0.1) is 13.8 Å². The predicted molar refractivity (Wildman–Crippen MR) is 100 cm³/mol. The van der Waals surface area contributed by atoms with Gasteiger partial charge in [-0.05, 0) is 68.3 Å². The summed E-state index contributed by atoms with van der Waals surface area (Å²) >= 11 is 6.14. The number of halogens is 1. The molecule has 0 heterocycles. The van der Waals surface area contributed by atoms with Crippen LogP contribution in [-0.2, 0) is 4.74 Å². The lowest BCUT2D eigenvalue weighted by molar-refractivity contribution is 0.0764. The molecule has 0 aliphatic carbocycles. The van der Waals surface area contributed by atoms with Gasteiger partial charge in [-0.15, -0.1) is 0 Å². The Morgan fingerprint density at radius 3 is 1.72 bits per heavy atom. The first-order valence-corrected chi connectivity index (χ1v) is 8.81. The summed E-state index contributed by atoms with van der Waals surface area (Å²) in [4.78, 5) is 0. The van der Waals surface area contributed by atoms with E-state index in [4.69, 9.17) is 30.5 Å². The highest BCUT2D eigenvalue weighted by Gasteiger charge is 2.03. The molecule has 0 N–H and O–H groups in total. The zero-order chi connectivity index (χ0) is 18.1. The molecule has 0 bridgehead atoms. The summed E-state index contributed by atoms with van der Waals surface area (Å²) in [5.41, 5.74) is 2.03. The number of hydrogen-bond donors (Lipinski definition) is 0. The van der Waals surface area contributed by atoms with Gasteiger partial charge in [0.05, 0.1) is 19.8 Å². The van der Waals surface area contributed by atoms with E-state index in [2.05, 4.69) is 0 Å². The van der Waals surface area contributed by atoms with Crippen LogP contribution < -0.4 is 14.2 Å². The molecule has 0 spiro atoms. The first-order valence-electron chi connectivity index (χ1n) is 8.43. The number of aryl methyl sites for hydroxylation is 2. The van der Waals surface area contributed by atoms with Crippen LogP contribution in [-0.4, -0.2) is 33.0 Å². The molecule has 0 amide bonds. The van der Waals surface area contributed by atoms with Crippen molar-refractivity contribution >= 4 is 11.6 Å². The molecule has 0 saturated carbocycles. The summed E-state index contributed by atoms with van der Waals surface area (Å²) in [7, 11) is 0. The molecule has 0 saturated heterocycles. The van der Waals surface area contributed by atoms with Crippen molar-refractivity contribution in [2.45, 2.75) is 20.8 Å². The number of rotatable bonds is 10. The Kier molecular flexibility index (Phi) is 7.89. The third-order valence-corrected chi connectivity index (χ3v) is 4.13. The van der Waals surface area contributed by atoms with Gasteiger partial charge >= 0.3 is 0 Å². The third-order valence-electron chi connectivity index (χ3n) is 3.54. The van der Waals surface area contributed by atoms with Crippen molar-refractivity contribution in [1.82, 2.24) is 0 Å². The molecule has 0 radical (unpaired) electrons. The van der Waals surface area contributed by atoms with Crippen molar-refractivity contribution in [3.05, 3.63) is 52.5 Å². The number of ether oxygens (including phenoxy) is 4. The van der Waals surface area contributed by atoms with E-state index in [0.29, 0.717) is 33.0 Å². The Balaban J connectivity index is 1.59. The van der Waals surface area contributed by atoms with Crippen molar-refractivity contribution in [3.8, 4) is 17.2 Å². The van der Waals surface area contributed by atoms with E-state index in [1.54, 1.807) is 0 Å². The molecule has 136 valence electrons. The highest BCUT2D eigenvalue weighted by molar-refractivity contribution is 6.32. The van der Waals surface area contributed by atoms with Crippen LogP contribution in [0.2, 0.25) is 5.02 Å². The Labute approximate surface area is 154 Å². The molecule has 0 aliphatic heterocycles. The Morgan fingerprint density at radius 1 is 0.720 bits per heavy atom. The Morgan fingerprint density at radius 2 is 1.20 bits per heavy atom. The quantitative estimate of drug-likeness (QED) is 0.566. The van der Waals surface area contributed by atoms with E-state index in [0.717, 1.165) is 33.4 Å². The standard InChI is InChI=1S/C20H25ClO4/c1-4-23-17-5-7-18(8-6-17)24-11-9-22-10-12-25-19-13-15(2)20(21)16(3)14-19/h5-8,13-14H,4,9-12H2,1-3H3. The first kappa shape index (κ1) is 19.4.